The largest absolute Gasteiger partial charge is 0.490 e. The van der Waals surface area contributed by atoms with Gasteiger partial charge in [0.05, 0.1) is 25.9 Å². The molecule has 1 heterocycles. The lowest BCUT2D eigenvalue weighted by Gasteiger charge is -2.31. The summed E-state index contributed by atoms with van der Waals surface area (Å²) < 4.78 is 37.4. The number of hydrogen-bond donors (Lipinski definition) is 1. The lowest BCUT2D eigenvalue weighted by molar-refractivity contribution is -0.124. The van der Waals surface area contributed by atoms with Crippen molar-refractivity contribution in [1.82, 2.24) is 10.2 Å². The molecule has 1 aromatic carbocycles. The van der Waals surface area contributed by atoms with E-state index in [0.717, 1.165) is 44.8 Å². The van der Waals surface area contributed by atoms with Crippen LogP contribution < -0.4 is 10.1 Å². The quantitative estimate of drug-likeness (QED) is 0.880. The molecule has 5 nitrogen and oxygen atoms in total. The summed E-state index contributed by atoms with van der Waals surface area (Å²) >= 11 is 0. The Labute approximate surface area is 146 Å². The average Bonchev–Trinajstić information content (AvgIpc) is 2.56. The molecule has 0 unspecified atom stereocenters. The number of ether oxygens (including phenoxy) is 2. The smallest absolute Gasteiger partial charge is 0.234 e. The first-order valence-electron chi connectivity index (χ1n) is 8.81. The number of morpholine rings is 1. The topological polar surface area (TPSA) is 50.8 Å². The van der Waals surface area contributed by atoms with E-state index >= 15 is 0 Å². The van der Waals surface area contributed by atoms with Crippen molar-refractivity contribution in [1.29, 1.82) is 0 Å². The van der Waals surface area contributed by atoms with Crippen molar-refractivity contribution < 1.29 is 23.0 Å². The van der Waals surface area contributed by atoms with Gasteiger partial charge in [-0.2, -0.15) is 0 Å². The van der Waals surface area contributed by atoms with Gasteiger partial charge in [0.2, 0.25) is 5.91 Å². The maximum atomic E-state index is 13.2. The van der Waals surface area contributed by atoms with Gasteiger partial charge in [0.25, 0.3) is 0 Å². The molecule has 2 fully saturated rings. The van der Waals surface area contributed by atoms with Crippen molar-refractivity contribution in [2.24, 2.45) is 0 Å². The van der Waals surface area contributed by atoms with Crippen molar-refractivity contribution in [2.75, 3.05) is 32.8 Å². The van der Waals surface area contributed by atoms with Crippen LogP contribution in [-0.4, -0.2) is 55.8 Å². The fraction of sp³-hybridized carbons (Fsp3) is 0.611. The van der Waals surface area contributed by atoms with Gasteiger partial charge >= 0.3 is 0 Å². The summed E-state index contributed by atoms with van der Waals surface area (Å²) in [5.74, 6) is -1.02. The van der Waals surface area contributed by atoms with Crippen molar-refractivity contribution in [2.45, 2.75) is 37.8 Å². The Hall–Kier alpha value is -1.73. The van der Waals surface area contributed by atoms with Crippen LogP contribution in [0.2, 0.25) is 0 Å². The fourth-order valence-corrected chi connectivity index (χ4v) is 3.35. The molecule has 0 bridgehead atoms. The summed E-state index contributed by atoms with van der Waals surface area (Å²) in [4.78, 5) is 14.2. The predicted molar refractivity (Wildman–Crippen MR) is 88.4 cm³/mol. The highest BCUT2D eigenvalue weighted by molar-refractivity contribution is 5.78. The van der Waals surface area contributed by atoms with Crippen LogP contribution in [0, 0.1) is 11.6 Å². The number of halogens is 2. The molecule has 2 aliphatic rings. The second-order valence-electron chi connectivity index (χ2n) is 6.65. The first-order valence-corrected chi connectivity index (χ1v) is 8.81. The minimum Gasteiger partial charge on any atom is -0.490 e. The number of hydrogen-bond acceptors (Lipinski definition) is 4. The Balaban J connectivity index is 1.40. The number of nitrogens with one attached hydrogen (secondary N) is 1. The molecule has 25 heavy (non-hydrogen) atoms. The second kappa shape index (κ2) is 8.58. The van der Waals surface area contributed by atoms with Gasteiger partial charge < -0.3 is 14.8 Å². The van der Waals surface area contributed by atoms with E-state index in [4.69, 9.17) is 9.47 Å². The van der Waals surface area contributed by atoms with E-state index in [1.807, 2.05) is 0 Å². The Morgan fingerprint density at radius 2 is 1.76 bits per heavy atom. The van der Waals surface area contributed by atoms with Crippen LogP contribution in [0.15, 0.2) is 18.2 Å². The highest BCUT2D eigenvalue weighted by atomic mass is 19.1. The minimum absolute atomic E-state index is 0.0402. The molecule has 3 rings (SSSR count). The first kappa shape index (κ1) is 18.1. The van der Waals surface area contributed by atoms with Crippen LogP contribution in [0.3, 0.4) is 0 Å². The summed E-state index contributed by atoms with van der Waals surface area (Å²) in [6, 6.07) is 3.35. The van der Waals surface area contributed by atoms with Gasteiger partial charge in [0, 0.05) is 37.3 Å². The monoisotopic (exact) mass is 354 g/mol. The third-order valence-electron chi connectivity index (χ3n) is 4.65. The standard InChI is InChI=1S/C18H24F2N2O3/c19-13-9-14(20)11-17(10-13)25-16-3-1-15(2-4-16)21-18(23)12-22-5-7-24-8-6-22/h9-11,15-16H,1-8,12H2,(H,21,23). The van der Waals surface area contributed by atoms with E-state index in [2.05, 4.69) is 10.2 Å². The maximum absolute atomic E-state index is 13.2. The lowest BCUT2D eigenvalue weighted by atomic mass is 9.93. The SMILES string of the molecule is O=C(CN1CCOCC1)NC1CCC(Oc2cc(F)cc(F)c2)CC1. The Morgan fingerprint density at radius 3 is 2.40 bits per heavy atom. The minimum atomic E-state index is -0.640. The molecule has 0 radical (unpaired) electrons. The van der Waals surface area contributed by atoms with E-state index in [1.165, 1.54) is 12.1 Å². The number of nitrogens with zero attached hydrogens (tertiary/aromatic N) is 1. The maximum Gasteiger partial charge on any atom is 0.234 e. The van der Waals surface area contributed by atoms with Gasteiger partial charge in [-0.05, 0) is 25.7 Å². The molecular formula is C18H24F2N2O3. The Morgan fingerprint density at radius 1 is 1.12 bits per heavy atom. The molecule has 1 N–H and O–H groups in total. The van der Waals surface area contributed by atoms with Crippen LogP contribution in [0.1, 0.15) is 25.7 Å². The van der Waals surface area contributed by atoms with Crippen molar-refractivity contribution >= 4 is 5.91 Å². The van der Waals surface area contributed by atoms with Crippen LogP contribution >= 0.6 is 0 Å². The van der Waals surface area contributed by atoms with Crippen molar-refractivity contribution in [3.05, 3.63) is 29.8 Å². The predicted octanol–water partition coefficient (Wildman–Crippen LogP) is 2.10. The number of benzene rings is 1. The zero-order valence-corrected chi connectivity index (χ0v) is 14.2. The molecule has 138 valence electrons. The molecule has 7 heteroatoms. The number of amides is 1. The molecule has 1 amide bonds. The summed E-state index contributed by atoms with van der Waals surface area (Å²) in [6.07, 6.45) is 3.03. The van der Waals surface area contributed by atoms with Gasteiger partial charge in [-0.25, -0.2) is 8.78 Å². The van der Waals surface area contributed by atoms with Crippen molar-refractivity contribution in [3.63, 3.8) is 0 Å². The average molecular weight is 354 g/mol. The first-order chi connectivity index (χ1) is 12.1. The molecule has 1 aromatic rings. The molecule has 1 saturated heterocycles. The molecule has 1 aliphatic carbocycles. The number of rotatable bonds is 5. The normalized spacial score (nSPS) is 24.7. The Kier molecular flexibility index (Phi) is 6.20. The van der Waals surface area contributed by atoms with Crippen LogP contribution in [0.4, 0.5) is 8.78 Å². The van der Waals surface area contributed by atoms with Crippen molar-refractivity contribution in [3.8, 4) is 5.75 Å². The molecule has 0 spiro atoms. The third kappa shape index (κ3) is 5.64. The van der Waals surface area contributed by atoms with E-state index in [9.17, 15) is 13.6 Å². The highest BCUT2D eigenvalue weighted by Crippen LogP contribution is 2.25. The Bertz CT molecular complexity index is 565. The third-order valence-corrected chi connectivity index (χ3v) is 4.65. The highest BCUT2D eigenvalue weighted by Gasteiger charge is 2.24. The van der Waals surface area contributed by atoms with E-state index in [0.29, 0.717) is 19.8 Å². The summed E-state index contributed by atoms with van der Waals surface area (Å²) in [5, 5.41) is 3.07. The summed E-state index contributed by atoms with van der Waals surface area (Å²) in [5.41, 5.74) is 0. The summed E-state index contributed by atoms with van der Waals surface area (Å²) in [7, 11) is 0. The molecular weight excluding hydrogens is 330 g/mol. The zero-order valence-electron chi connectivity index (χ0n) is 14.2. The fourth-order valence-electron chi connectivity index (χ4n) is 3.35. The molecule has 1 aliphatic heterocycles. The summed E-state index contributed by atoms with van der Waals surface area (Å²) in [6.45, 7) is 3.34. The van der Waals surface area contributed by atoms with Gasteiger partial charge in [-0.3, -0.25) is 9.69 Å². The van der Waals surface area contributed by atoms with Gasteiger partial charge in [-0.1, -0.05) is 0 Å². The van der Waals surface area contributed by atoms with E-state index in [-0.39, 0.29) is 23.8 Å². The van der Waals surface area contributed by atoms with Crippen LogP contribution in [0.25, 0.3) is 0 Å². The second-order valence-corrected chi connectivity index (χ2v) is 6.65. The van der Waals surface area contributed by atoms with E-state index < -0.39 is 11.6 Å². The molecule has 1 saturated carbocycles. The lowest BCUT2D eigenvalue weighted by Crippen LogP contribution is -2.47. The van der Waals surface area contributed by atoms with Gasteiger partial charge in [-0.15, -0.1) is 0 Å². The zero-order chi connectivity index (χ0) is 17.6. The van der Waals surface area contributed by atoms with Gasteiger partial charge in [0.1, 0.15) is 17.4 Å². The number of carbonyl (C=O) groups is 1. The molecule has 0 aromatic heterocycles. The van der Waals surface area contributed by atoms with E-state index in [1.54, 1.807) is 0 Å². The van der Waals surface area contributed by atoms with Gasteiger partial charge in [0.15, 0.2) is 0 Å². The number of carbonyl (C=O) groups excluding carboxylic acids is 1. The molecule has 0 atom stereocenters. The van der Waals surface area contributed by atoms with Crippen LogP contribution in [0.5, 0.6) is 5.75 Å². The van der Waals surface area contributed by atoms with Crippen LogP contribution in [-0.2, 0) is 9.53 Å².